The van der Waals surface area contributed by atoms with Crippen LogP contribution in [0.15, 0.2) is 24.3 Å². The van der Waals surface area contributed by atoms with Crippen molar-refractivity contribution in [3.8, 4) is 5.69 Å². The Kier molecular flexibility index (Phi) is 4.00. The zero-order valence-electron chi connectivity index (χ0n) is 12.0. The Balaban J connectivity index is 2.68. The van der Waals surface area contributed by atoms with E-state index in [0.717, 1.165) is 11.3 Å². The minimum absolute atomic E-state index is 0.139. The van der Waals surface area contributed by atoms with Gasteiger partial charge in [0.1, 0.15) is 5.82 Å². The summed E-state index contributed by atoms with van der Waals surface area (Å²) in [5.41, 5.74) is 3.39. The Morgan fingerprint density at radius 3 is 2.50 bits per heavy atom. The van der Waals surface area contributed by atoms with Crippen molar-refractivity contribution < 1.29 is 9.18 Å². The fourth-order valence-electron chi connectivity index (χ4n) is 2.48. The summed E-state index contributed by atoms with van der Waals surface area (Å²) in [7, 11) is 0. The lowest BCUT2D eigenvalue weighted by Gasteiger charge is -2.14. The molecule has 2 rings (SSSR count). The standard InChI is InChI=1S/C16H17ClFNO/c1-9-6-5-7-14(18)15(9)19-10(2)8-13(12(19)4)16(20)11(3)17/h5-8,11H,1-4H3. The van der Waals surface area contributed by atoms with Crippen molar-refractivity contribution in [2.75, 3.05) is 0 Å². The Morgan fingerprint density at radius 2 is 1.95 bits per heavy atom. The predicted molar refractivity (Wildman–Crippen MR) is 79.6 cm³/mol. The monoisotopic (exact) mass is 293 g/mol. The summed E-state index contributed by atoms with van der Waals surface area (Å²) < 4.78 is 15.9. The number of para-hydroxylation sites is 1. The molecule has 0 N–H and O–H groups in total. The molecule has 0 saturated carbocycles. The number of nitrogens with zero attached hydrogens (tertiary/aromatic N) is 1. The number of carbonyl (C=O) groups is 1. The molecule has 1 aromatic carbocycles. The van der Waals surface area contributed by atoms with Crippen molar-refractivity contribution in [3.05, 3.63) is 52.6 Å². The van der Waals surface area contributed by atoms with E-state index in [1.807, 2.05) is 26.8 Å². The minimum atomic E-state index is -0.592. The number of benzene rings is 1. The zero-order chi connectivity index (χ0) is 15.0. The summed E-state index contributed by atoms with van der Waals surface area (Å²) in [6, 6.07) is 6.72. The van der Waals surface area contributed by atoms with Crippen LogP contribution in [0.2, 0.25) is 0 Å². The van der Waals surface area contributed by atoms with Crippen LogP contribution in [-0.2, 0) is 0 Å². The minimum Gasteiger partial charge on any atom is -0.315 e. The molecular weight excluding hydrogens is 277 g/mol. The van der Waals surface area contributed by atoms with Crippen LogP contribution in [0.25, 0.3) is 5.69 Å². The second-order valence-electron chi connectivity index (χ2n) is 5.01. The molecule has 1 aromatic heterocycles. The van der Waals surface area contributed by atoms with Gasteiger partial charge < -0.3 is 4.57 Å². The number of hydrogen-bond acceptors (Lipinski definition) is 1. The first-order valence-electron chi connectivity index (χ1n) is 6.47. The first-order valence-corrected chi connectivity index (χ1v) is 6.91. The number of hydrogen-bond donors (Lipinski definition) is 0. The van der Waals surface area contributed by atoms with Crippen LogP contribution < -0.4 is 0 Å². The molecule has 0 bridgehead atoms. The smallest absolute Gasteiger partial charge is 0.182 e. The molecule has 0 fully saturated rings. The summed E-state index contributed by atoms with van der Waals surface area (Å²) in [5.74, 6) is -0.440. The molecule has 2 nitrogen and oxygen atoms in total. The van der Waals surface area contributed by atoms with Gasteiger partial charge in [-0.3, -0.25) is 4.79 Å². The van der Waals surface area contributed by atoms with Crippen LogP contribution in [0.1, 0.15) is 34.2 Å². The highest BCUT2D eigenvalue weighted by Gasteiger charge is 2.21. The SMILES string of the molecule is Cc1cccc(F)c1-n1c(C)cc(C(=O)C(C)Cl)c1C. The Hall–Kier alpha value is -1.61. The van der Waals surface area contributed by atoms with E-state index in [2.05, 4.69) is 0 Å². The van der Waals surface area contributed by atoms with E-state index in [-0.39, 0.29) is 11.6 Å². The summed E-state index contributed by atoms with van der Waals surface area (Å²) in [4.78, 5) is 12.1. The average molecular weight is 294 g/mol. The number of rotatable bonds is 3. The fourth-order valence-corrected chi connectivity index (χ4v) is 2.59. The van der Waals surface area contributed by atoms with E-state index in [4.69, 9.17) is 11.6 Å². The molecule has 1 atom stereocenters. The van der Waals surface area contributed by atoms with Crippen LogP contribution in [0.3, 0.4) is 0 Å². The lowest BCUT2D eigenvalue weighted by atomic mass is 10.1. The van der Waals surface area contributed by atoms with E-state index in [9.17, 15) is 9.18 Å². The third-order valence-electron chi connectivity index (χ3n) is 3.47. The Morgan fingerprint density at radius 1 is 1.30 bits per heavy atom. The molecule has 0 saturated heterocycles. The summed E-state index contributed by atoms with van der Waals surface area (Å²) in [6.07, 6.45) is 0. The van der Waals surface area contributed by atoms with Crippen molar-refractivity contribution in [1.82, 2.24) is 4.57 Å². The highest BCUT2D eigenvalue weighted by atomic mass is 35.5. The van der Waals surface area contributed by atoms with Crippen LogP contribution in [0.5, 0.6) is 0 Å². The molecule has 4 heteroatoms. The third-order valence-corrected chi connectivity index (χ3v) is 3.67. The highest BCUT2D eigenvalue weighted by Crippen LogP contribution is 2.26. The number of aromatic nitrogens is 1. The average Bonchev–Trinajstić information content (AvgIpc) is 2.65. The molecule has 2 aromatic rings. The lowest BCUT2D eigenvalue weighted by molar-refractivity contribution is 0.0991. The topological polar surface area (TPSA) is 22.0 Å². The van der Waals surface area contributed by atoms with Crippen LogP contribution in [-0.4, -0.2) is 15.7 Å². The Labute approximate surface area is 123 Å². The maximum absolute atomic E-state index is 14.1. The first-order chi connectivity index (χ1) is 9.34. The molecule has 0 aliphatic heterocycles. The summed E-state index contributed by atoms with van der Waals surface area (Å²) >= 11 is 5.87. The number of carbonyl (C=O) groups excluding carboxylic acids is 1. The van der Waals surface area contributed by atoms with Crippen LogP contribution >= 0.6 is 11.6 Å². The van der Waals surface area contributed by atoms with Crippen molar-refractivity contribution in [1.29, 1.82) is 0 Å². The number of halogens is 2. The van der Waals surface area contributed by atoms with E-state index in [1.54, 1.807) is 23.6 Å². The normalized spacial score (nSPS) is 12.5. The zero-order valence-corrected chi connectivity index (χ0v) is 12.8. The van der Waals surface area contributed by atoms with Gasteiger partial charge >= 0.3 is 0 Å². The summed E-state index contributed by atoms with van der Waals surface area (Å²) in [6.45, 7) is 7.16. The van der Waals surface area contributed by atoms with Gasteiger partial charge in [-0.15, -0.1) is 11.6 Å². The van der Waals surface area contributed by atoms with Gasteiger partial charge in [0.15, 0.2) is 5.78 Å². The molecular formula is C16H17ClFNO. The Bertz CT molecular complexity index is 653. The lowest BCUT2D eigenvalue weighted by Crippen LogP contribution is -2.12. The van der Waals surface area contributed by atoms with E-state index in [0.29, 0.717) is 16.9 Å². The van der Waals surface area contributed by atoms with Gasteiger partial charge in [0.25, 0.3) is 0 Å². The van der Waals surface area contributed by atoms with E-state index >= 15 is 0 Å². The van der Waals surface area contributed by atoms with Crippen molar-refractivity contribution in [3.63, 3.8) is 0 Å². The molecule has 0 radical (unpaired) electrons. The number of Topliss-reactive ketones (excluding diaryl/α,β-unsaturated/α-hetero) is 1. The van der Waals surface area contributed by atoms with Gasteiger partial charge in [0.05, 0.1) is 11.1 Å². The molecule has 0 aliphatic carbocycles. The molecule has 0 spiro atoms. The van der Waals surface area contributed by atoms with Gasteiger partial charge in [-0.2, -0.15) is 0 Å². The largest absolute Gasteiger partial charge is 0.315 e. The van der Waals surface area contributed by atoms with Gasteiger partial charge in [-0.1, -0.05) is 12.1 Å². The maximum Gasteiger partial charge on any atom is 0.182 e. The van der Waals surface area contributed by atoms with Gasteiger partial charge in [-0.05, 0) is 45.4 Å². The number of aryl methyl sites for hydroxylation is 2. The van der Waals surface area contributed by atoms with Gasteiger partial charge in [0, 0.05) is 17.0 Å². The maximum atomic E-state index is 14.1. The van der Waals surface area contributed by atoms with Crippen LogP contribution in [0, 0.1) is 26.6 Å². The molecule has 1 unspecified atom stereocenters. The fraction of sp³-hybridized carbons (Fsp3) is 0.312. The predicted octanol–water partition coefficient (Wildman–Crippen LogP) is 4.35. The van der Waals surface area contributed by atoms with Crippen molar-refractivity contribution >= 4 is 17.4 Å². The quantitative estimate of drug-likeness (QED) is 0.609. The van der Waals surface area contributed by atoms with Gasteiger partial charge in [0.2, 0.25) is 0 Å². The van der Waals surface area contributed by atoms with Gasteiger partial charge in [-0.25, -0.2) is 4.39 Å². The van der Waals surface area contributed by atoms with Crippen LogP contribution in [0.4, 0.5) is 4.39 Å². The number of alkyl halides is 1. The second-order valence-corrected chi connectivity index (χ2v) is 5.66. The van der Waals surface area contributed by atoms with Crippen molar-refractivity contribution in [2.24, 2.45) is 0 Å². The number of ketones is 1. The van der Waals surface area contributed by atoms with Crippen molar-refractivity contribution in [2.45, 2.75) is 33.1 Å². The second kappa shape index (κ2) is 5.41. The highest BCUT2D eigenvalue weighted by molar-refractivity contribution is 6.33. The first kappa shape index (κ1) is 14.8. The van der Waals surface area contributed by atoms with E-state index < -0.39 is 5.38 Å². The third kappa shape index (κ3) is 2.38. The summed E-state index contributed by atoms with van der Waals surface area (Å²) in [5, 5.41) is -0.592. The molecule has 106 valence electrons. The molecule has 20 heavy (non-hydrogen) atoms. The molecule has 0 amide bonds. The molecule has 0 aliphatic rings. The molecule has 1 heterocycles. The van der Waals surface area contributed by atoms with E-state index in [1.165, 1.54) is 6.07 Å².